The van der Waals surface area contributed by atoms with Crippen LogP contribution in [0.15, 0.2) is 231 Å². The molecule has 2 aromatic heterocycles. The number of aromatic nitrogens is 4. The van der Waals surface area contributed by atoms with E-state index in [1.165, 1.54) is 0 Å². The van der Waals surface area contributed by atoms with E-state index in [1.54, 1.807) is 0 Å². The topological polar surface area (TPSA) is 51.6 Å². The van der Waals surface area contributed by atoms with Crippen LogP contribution in [0.25, 0.3) is 101 Å². The Hall–Kier alpha value is -8.08. The highest BCUT2D eigenvalue weighted by atomic mass is 15.0. The molecule has 0 aliphatic rings. The van der Waals surface area contributed by atoms with E-state index in [0.717, 1.165) is 83.7 Å². The molecule has 0 unspecified atom stereocenters. The van der Waals surface area contributed by atoms with E-state index < -0.39 is 0 Å². The van der Waals surface area contributed by atoms with Crippen LogP contribution in [0.5, 0.6) is 0 Å². The summed E-state index contributed by atoms with van der Waals surface area (Å²) < 4.78 is 0. The van der Waals surface area contributed by atoms with Gasteiger partial charge in [0.2, 0.25) is 0 Å². The first kappa shape index (κ1) is 36.3. The van der Waals surface area contributed by atoms with Crippen LogP contribution >= 0.6 is 0 Å². The van der Waals surface area contributed by atoms with Gasteiger partial charge in [-0.15, -0.1) is 0 Å². The molecule has 282 valence electrons. The maximum atomic E-state index is 5.24. The molecule has 0 amide bonds. The van der Waals surface area contributed by atoms with Gasteiger partial charge in [-0.3, -0.25) is 0 Å². The highest BCUT2D eigenvalue weighted by Crippen LogP contribution is 2.37. The molecule has 0 aliphatic heterocycles. The van der Waals surface area contributed by atoms with E-state index in [4.69, 9.17) is 19.9 Å². The Morgan fingerprint density at radius 2 is 0.450 bits per heavy atom. The first-order chi connectivity index (χ1) is 29.7. The summed E-state index contributed by atoms with van der Waals surface area (Å²) in [5.74, 6) is 1.90. The van der Waals surface area contributed by atoms with Gasteiger partial charge >= 0.3 is 0 Å². The average molecular weight is 767 g/mol. The molecule has 4 nitrogen and oxygen atoms in total. The first-order valence-electron chi connectivity index (χ1n) is 20.1. The van der Waals surface area contributed by atoms with Gasteiger partial charge in [-0.1, -0.05) is 188 Å². The van der Waals surface area contributed by atoms with Gasteiger partial charge in [-0.05, 0) is 87.0 Å². The highest BCUT2D eigenvalue weighted by Gasteiger charge is 2.15. The predicted octanol–water partition coefficient (Wildman–Crippen LogP) is 14.3. The first-order valence-corrected chi connectivity index (χ1v) is 20.1. The van der Waals surface area contributed by atoms with Gasteiger partial charge in [0.1, 0.15) is 0 Å². The van der Waals surface area contributed by atoms with Crippen molar-refractivity contribution in [2.24, 2.45) is 0 Å². The van der Waals surface area contributed by atoms with Crippen molar-refractivity contribution in [3.63, 3.8) is 0 Å². The third-order valence-corrected chi connectivity index (χ3v) is 10.7. The summed E-state index contributed by atoms with van der Waals surface area (Å²) in [4.78, 5) is 20.2. The maximum Gasteiger partial charge on any atom is 0.164 e. The molecule has 8 aromatic carbocycles. The molecule has 0 saturated carbocycles. The SMILES string of the molecule is c1ccc(-c2cc(-c3cccc(-c4cc(-c5ccccc5)cc(-c5ccccc5)n4)c3)cc(-c3cccc(-c4nc(-c5ccccc5)nc(-c5ccccc5)n4)c3)c2)cc1. The van der Waals surface area contributed by atoms with Gasteiger partial charge in [-0.25, -0.2) is 19.9 Å². The Kier molecular flexibility index (Phi) is 9.92. The Morgan fingerprint density at radius 1 is 0.167 bits per heavy atom. The van der Waals surface area contributed by atoms with Gasteiger partial charge in [0.05, 0.1) is 11.4 Å². The zero-order valence-corrected chi connectivity index (χ0v) is 32.7. The Bertz CT molecular complexity index is 2760. The van der Waals surface area contributed by atoms with Crippen LogP contribution in [-0.2, 0) is 0 Å². The number of rotatable bonds is 9. The summed E-state index contributed by atoms with van der Waals surface area (Å²) in [5, 5.41) is 0. The number of hydrogen-bond donors (Lipinski definition) is 0. The summed E-state index contributed by atoms with van der Waals surface area (Å²) >= 11 is 0. The monoisotopic (exact) mass is 766 g/mol. The van der Waals surface area contributed by atoms with E-state index in [9.17, 15) is 0 Å². The Labute approximate surface area is 350 Å². The molecule has 0 aliphatic carbocycles. The molecular formula is C56H38N4. The molecule has 0 atom stereocenters. The largest absolute Gasteiger partial charge is 0.248 e. The summed E-state index contributed by atoms with van der Waals surface area (Å²) in [6.07, 6.45) is 0. The fraction of sp³-hybridized carbons (Fsp3) is 0. The van der Waals surface area contributed by atoms with Crippen molar-refractivity contribution in [3.05, 3.63) is 231 Å². The van der Waals surface area contributed by atoms with Crippen LogP contribution in [0.2, 0.25) is 0 Å². The number of hydrogen-bond acceptors (Lipinski definition) is 4. The summed E-state index contributed by atoms with van der Waals surface area (Å²) in [6.45, 7) is 0. The van der Waals surface area contributed by atoms with Crippen molar-refractivity contribution in [2.45, 2.75) is 0 Å². The maximum absolute atomic E-state index is 5.24. The quantitative estimate of drug-likeness (QED) is 0.147. The van der Waals surface area contributed by atoms with E-state index >= 15 is 0 Å². The smallest absolute Gasteiger partial charge is 0.164 e. The second-order valence-corrected chi connectivity index (χ2v) is 14.7. The lowest BCUT2D eigenvalue weighted by molar-refractivity contribution is 1.07. The van der Waals surface area contributed by atoms with E-state index in [1.807, 2.05) is 66.7 Å². The van der Waals surface area contributed by atoms with E-state index in [2.05, 4.69) is 164 Å². The molecule has 60 heavy (non-hydrogen) atoms. The van der Waals surface area contributed by atoms with Crippen molar-refractivity contribution in [2.75, 3.05) is 0 Å². The molecule has 0 spiro atoms. The van der Waals surface area contributed by atoms with Gasteiger partial charge in [0, 0.05) is 27.8 Å². The normalized spacial score (nSPS) is 11.0. The second-order valence-electron chi connectivity index (χ2n) is 14.7. The molecule has 0 fully saturated rings. The Morgan fingerprint density at radius 3 is 0.917 bits per heavy atom. The molecule has 10 rings (SSSR count). The average Bonchev–Trinajstić information content (AvgIpc) is 3.35. The van der Waals surface area contributed by atoms with Crippen LogP contribution in [0, 0.1) is 0 Å². The molecule has 0 saturated heterocycles. The number of nitrogens with zero attached hydrogens (tertiary/aromatic N) is 4. The summed E-state index contributed by atoms with van der Waals surface area (Å²) in [5.41, 5.74) is 15.7. The number of pyridine rings is 1. The van der Waals surface area contributed by atoms with E-state index in [0.29, 0.717) is 17.5 Å². The number of benzene rings is 8. The Balaban J connectivity index is 1.09. The molecule has 2 heterocycles. The van der Waals surface area contributed by atoms with Crippen molar-refractivity contribution in [3.8, 4) is 101 Å². The van der Waals surface area contributed by atoms with Gasteiger partial charge in [0.15, 0.2) is 17.5 Å². The van der Waals surface area contributed by atoms with Crippen LogP contribution in [0.3, 0.4) is 0 Å². The molecule has 0 radical (unpaired) electrons. The zero-order chi connectivity index (χ0) is 40.1. The highest BCUT2D eigenvalue weighted by molar-refractivity contribution is 5.85. The second kappa shape index (κ2) is 16.4. The lowest BCUT2D eigenvalue weighted by Gasteiger charge is -2.14. The summed E-state index contributed by atoms with van der Waals surface area (Å²) in [7, 11) is 0. The van der Waals surface area contributed by atoms with Gasteiger partial charge < -0.3 is 0 Å². The molecular weight excluding hydrogens is 729 g/mol. The third-order valence-electron chi connectivity index (χ3n) is 10.7. The minimum atomic E-state index is 0.622. The van der Waals surface area contributed by atoms with Crippen molar-refractivity contribution < 1.29 is 0 Å². The van der Waals surface area contributed by atoms with Gasteiger partial charge in [-0.2, -0.15) is 0 Å². The van der Waals surface area contributed by atoms with Gasteiger partial charge in [0.25, 0.3) is 0 Å². The zero-order valence-electron chi connectivity index (χ0n) is 32.7. The van der Waals surface area contributed by atoms with E-state index in [-0.39, 0.29) is 0 Å². The molecule has 0 bridgehead atoms. The lowest BCUT2D eigenvalue weighted by Crippen LogP contribution is -2.00. The molecule has 0 N–H and O–H groups in total. The standard InChI is InChI=1S/C56H38N4/c1-6-18-39(19-7-1)48-34-49(44-28-16-30-46(32-44)53-38-51(40-20-8-2-9-21-40)37-52(57-53)41-22-10-3-11-23-41)36-50(35-48)45-29-17-31-47(33-45)56-59-54(42-24-12-4-13-25-42)58-55(60-56)43-26-14-5-15-27-43/h1-38H. The molecule has 10 aromatic rings. The van der Waals surface area contributed by atoms with Crippen molar-refractivity contribution in [1.29, 1.82) is 0 Å². The minimum absolute atomic E-state index is 0.622. The predicted molar refractivity (Wildman–Crippen MR) is 247 cm³/mol. The minimum Gasteiger partial charge on any atom is -0.248 e. The third kappa shape index (κ3) is 7.78. The van der Waals surface area contributed by atoms with Crippen molar-refractivity contribution in [1.82, 2.24) is 19.9 Å². The van der Waals surface area contributed by atoms with Crippen LogP contribution in [0.1, 0.15) is 0 Å². The van der Waals surface area contributed by atoms with Crippen molar-refractivity contribution >= 4 is 0 Å². The summed E-state index contributed by atoms with van der Waals surface area (Å²) in [6, 6.07) is 80.2. The fourth-order valence-electron chi connectivity index (χ4n) is 7.62. The van der Waals surface area contributed by atoms with Crippen LogP contribution < -0.4 is 0 Å². The van der Waals surface area contributed by atoms with Crippen LogP contribution in [-0.4, -0.2) is 19.9 Å². The fourth-order valence-corrected chi connectivity index (χ4v) is 7.62. The lowest BCUT2D eigenvalue weighted by atomic mass is 9.92. The van der Waals surface area contributed by atoms with Crippen LogP contribution in [0.4, 0.5) is 0 Å². The molecule has 4 heteroatoms.